The molecule has 0 saturated carbocycles. The summed E-state index contributed by atoms with van der Waals surface area (Å²) in [7, 11) is 1.67. The summed E-state index contributed by atoms with van der Waals surface area (Å²) in [5, 5.41) is 3.95. The minimum absolute atomic E-state index is 0.243. The maximum atomic E-state index is 12.2. The molecule has 1 aromatic carbocycles. The summed E-state index contributed by atoms with van der Waals surface area (Å²) < 4.78 is 0. The normalized spacial score (nSPS) is 15.2. The van der Waals surface area contributed by atoms with Crippen LogP contribution < -0.4 is 5.32 Å². The van der Waals surface area contributed by atoms with E-state index in [0.717, 1.165) is 11.3 Å². The fourth-order valence-corrected chi connectivity index (χ4v) is 2.10. The van der Waals surface area contributed by atoms with Gasteiger partial charge in [0.15, 0.2) is 5.11 Å². The van der Waals surface area contributed by atoms with Gasteiger partial charge >= 0.3 is 6.03 Å². The van der Waals surface area contributed by atoms with Gasteiger partial charge in [0.1, 0.15) is 0 Å². The predicted molar refractivity (Wildman–Crippen MR) is 85.6 cm³/mol. The first kappa shape index (κ1) is 14.6. The summed E-state index contributed by atoms with van der Waals surface area (Å²) in [5.41, 5.74) is 2.32. The Morgan fingerprint density at radius 1 is 1.35 bits per heavy atom. The summed E-state index contributed by atoms with van der Waals surface area (Å²) in [5.74, 6) is 0. The molecule has 0 saturated heterocycles. The molecule has 1 N–H and O–H groups in total. The average molecular weight is 308 g/mol. The van der Waals surface area contributed by atoms with E-state index in [1.54, 1.807) is 37.5 Å². The van der Waals surface area contributed by atoms with Crippen LogP contribution in [0.4, 0.5) is 10.5 Å². The molecule has 6 heteroatoms. The molecule has 0 bridgehead atoms. The van der Waals surface area contributed by atoms with Gasteiger partial charge in [-0.1, -0.05) is 18.2 Å². The van der Waals surface area contributed by atoms with E-state index in [2.05, 4.69) is 11.9 Å². The quantitative estimate of drug-likeness (QED) is 0.801. The van der Waals surface area contributed by atoms with Crippen LogP contribution in [-0.4, -0.2) is 28.0 Å². The second kappa shape index (κ2) is 5.64. The lowest BCUT2D eigenvalue weighted by Crippen LogP contribution is -2.46. The number of halogens is 1. The van der Waals surface area contributed by atoms with Gasteiger partial charge < -0.3 is 5.32 Å². The van der Waals surface area contributed by atoms with Crippen molar-refractivity contribution in [3.05, 3.63) is 53.3 Å². The fourth-order valence-electron chi connectivity index (χ4n) is 1.73. The Hall–Kier alpha value is -1.85. The lowest BCUT2D eigenvalue weighted by molar-refractivity contribution is 0.204. The third-order valence-corrected chi connectivity index (χ3v) is 3.54. The number of hydrogen-bond acceptors (Lipinski definition) is 2. The van der Waals surface area contributed by atoms with E-state index in [-0.39, 0.29) is 6.03 Å². The van der Waals surface area contributed by atoms with Crippen molar-refractivity contribution < 1.29 is 4.79 Å². The smallest absolute Gasteiger partial charge is 0.332 e. The molecule has 0 aliphatic carbocycles. The zero-order valence-corrected chi connectivity index (χ0v) is 12.8. The summed E-state index contributed by atoms with van der Waals surface area (Å²) in [6, 6.07) is 6.84. The van der Waals surface area contributed by atoms with Crippen molar-refractivity contribution in [2.75, 3.05) is 12.4 Å². The Balaban J connectivity index is 2.18. The largest absolute Gasteiger partial charge is 0.334 e. The van der Waals surface area contributed by atoms with Crippen LogP contribution in [0.5, 0.6) is 0 Å². The molecule has 1 aromatic rings. The Morgan fingerprint density at radius 3 is 2.55 bits per heavy atom. The van der Waals surface area contributed by atoms with Gasteiger partial charge in [0.25, 0.3) is 0 Å². The van der Waals surface area contributed by atoms with Crippen LogP contribution >= 0.6 is 23.8 Å². The minimum Gasteiger partial charge on any atom is -0.332 e. The Kier molecular flexibility index (Phi) is 4.11. The summed E-state index contributed by atoms with van der Waals surface area (Å²) >= 11 is 11.1. The van der Waals surface area contributed by atoms with E-state index in [1.807, 2.05) is 6.92 Å². The Bertz CT molecular complexity index is 609. The predicted octanol–water partition coefficient (Wildman–Crippen LogP) is 3.82. The average Bonchev–Trinajstić information content (AvgIpc) is 2.43. The van der Waals surface area contributed by atoms with E-state index >= 15 is 0 Å². The number of amides is 2. The molecule has 4 nitrogen and oxygen atoms in total. The van der Waals surface area contributed by atoms with Crippen molar-refractivity contribution in [3.63, 3.8) is 0 Å². The van der Waals surface area contributed by atoms with Crippen LogP contribution in [-0.2, 0) is 0 Å². The molecule has 1 aliphatic rings. The van der Waals surface area contributed by atoms with Crippen molar-refractivity contribution >= 4 is 40.6 Å². The number of hydrogen-bond donors (Lipinski definition) is 1. The second-order valence-electron chi connectivity index (χ2n) is 4.41. The number of anilines is 1. The van der Waals surface area contributed by atoms with Gasteiger partial charge in [-0.2, -0.15) is 0 Å². The van der Waals surface area contributed by atoms with Crippen LogP contribution in [0.3, 0.4) is 0 Å². The number of carbonyl (C=O) groups is 1. The lowest BCUT2D eigenvalue weighted by Gasteiger charge is -2.32. The summed E-state index contributed by atoms with van der Waals surface area (Å²) in [6.07, 6.45) is 1.68. The third kappa shape index (κ3) is 2.84. The molecule has 2 rings (SSSR count). The highest BCUT2D eigenvalue weighted by molar-refractivity contribution is 7.80. The minimum atomic E-state index is -0.243. The van der Waals surface area contributed by atoms with Crippen LogP contribution in [0.1, 0.15) is 6.92 Å². The molecule has 1 aliphatic heterocycles. The maximum Gasteiger partial charge on any atom is 0.334 e. The molecular formula is C14H14ClN3OS. The molecule has 0 atom stereocenters. The van der Waals surface area contributed by atoms with Gasteiger partial charge in [0.05, 0.1) is 0 Å². The van der Waals surface area contributed by atoms with E-state index in [4.69, 9.17) is 23.8 Å². The van der Waals surface area contributed by atoms with Crippen molar-refractivity contribution in [1.29, 1.82) is 0 Å². The monoisotopic (exact) mass is 307 g/mol. The molecule has 0 radical (unpaired) electrons. The number of rotatable bonds is 1. The molecule has 0 aromatic heterocycles. The summed E-state index contributed by atoms with van der Waals surface area (Å²) in [4.78, 5) is 15.0. The standard InChI is InChI=1S/C14H14ClN3OS/c1-9-8-18(14(19)17(3)10(9)2)13(20)16-12-6-4-11(15)5-7-12/h4-8H,2H2,1,3H3,(H,16,20). The number of thiocarbonyl (C=S) groups is 1. The van der Waals surface area contributed by atoms with Gasteiger partial charge in [-0.25, -0.2) is 9.69 Å². The van der Waals surface area contributed by atoms with Gasteiger partial charge in [-0.15, -0.1) is 0 Å². The van der Waals surface area contributed by atoms with Crippen molar-refractivity contribution in [1.82, 2.24) is 9.80 Å². The third-order valence-electron chi connectivity index (χ3n) is 2.99. The number of allylic oxidation sites excluding steroid dienone is 1. The van der Waals surface area contributed by atoms with E-state index < -0.39 is 0 Å². The first-order valence-electron chi connectivity index (χ1n) is 5.91. The van der Waals surface area contributed by atoms with E-state index in [1.165, 1.54) is 9.80 Å². The van der Waals surface area contributed by atoms with E-state index in [9.17, 15) is 4.79 Å². The highest BCUT2D eigenvalue weighted by Gasteiger charge is 2.27. The van der Waals surface area contributed by atoms with Crippen molar-refractivity contribution in [2.45, 2.75) is 6.92 Å². The molecule has 0 unspecified atom stereocenters. The van der Waals surface area contributed by atoms with Crippen molar-refractivity contribution in [3.8, 4) is 0 Å². The van der Waals surface area contributed by atoms with E-state index in [0.29, 0.717) is 15.8 Å². The zero-order valence-electron chi connectivity index (χ0n) is 11.2. The molecular weight excluding hydrogens is 294 g/mol. The number of carbonyl (C=O) groups excluding carboxylic acids is 1. The number of nitrogens with one attached hydrogen (secondary N) is 1. The van der Waals surface area contributed by atoms with Crippen LogP contribution in [0.25, 0.3) is 0 Å². The van der Waals surface area contributed by atoms with Crippen molar-refractivity contribution in [2.24, 2.45) is 0 Å². The highest BCUT2D eigenvalue weighted by Crippen LogP contribution is 2.21. The zero-order chi connectivity index (χ0) is 14.9. The molecule has 104 valence electrons. The van der Waals surface area contributed by atoms with Gasteiger partial charge in [0.2, 0.25) is 0 Å². The number of benzene rings is 1. The molecule has 20 heavy (non-hydrogen) atoms. The fraction of sp³-hybridized carbons (Fsp3) is 0.143. The van der Waals surface area contributed by atoms with Gasteiger partial charge in [0, 0.05) is 29.7 Å². The molecule has 2 amide bonds. The van der Waals surface area contributed by atoms with Crippen LogP contribution in [0.15, 0.2) is 48.3 Å². The number of nitrogens with zero attached hydrogens (tertiary/aromatic N) is 2. The SMILES string of the molecule is C=C1C(C)=CN(C(=S)Nc2ccc(Cl)cc2)C(=O)N1C. The van der Waals surface area contributed by atoms with Crippen LogP contribution in [0.2, 0.25) is 5.02 Å². The van der Waals surface area contributed by atoms with Gasteiger partial charge in [-0.05, 0) is 49.0 Å². The molecule has 1 heterocycles. The highest BCUT2D eigenvalue weighted by atomic mass is 35.5. The number of urea groups is 1. The topological polar surface area (TPSA) is 35.6 Å². The number of likely N-dealkylation sites (N-methyl/N-ethyl adjacent to an activating group) is 1. The summed E-state index contributed by atoms with van der Waals surface area (Å²) in [6.45, 7) is 5.72. The van der Waals surface area contributed by atoms with Crippen LogP contribution in [0, 0.1) is 0 Å². The molecule has 0 fully saturated rings. The van der Waals surface area contributed by atoms with Gasteiger partial charge in [-0.3, -0.25) is 4.90 Å². The first-order chi connectivity index (χ1) is 9.40. The Labute approximate surface area is 128 Å². The molecule has 0 spiro atoms. The Morgan fingerprint density at radius 2 is 1.95 bits per heavy atom. The second-order valence-corrected chi connectivity index (χ2v) is 5.23. The maximum absolute atomic E-state index is 12.2. The lowest BCUT2D eigenvalue weighted by atomic mass is 10.2. The first-order valence-corrected chi connectivity index (χ1v) is 6.70.